The van der Waals surface area contributed by atoms with Gasteiger partial charge in [-0.25, -0.2) is 0 Å². The van der Waals surface area contributed by atoms with Crippen molar-refractivity contribution in [2.24, 2.45) is 0 Å². The summed E-state index contributed by atoms with van der Waals surface area (Å²) in [4.78, 5) is 25.5. The van der Waals surface area contributed by atoms with Gasteiger partial charge in [0.15, 0.2) is 0 Å². The molecule has 0 bridgehead atoms. The lowest BCUT2D eigenvalue weighted by Gasteiger charge is -2.28. The lowest BCUT2D eigenvalue weighted by molar-refractivity contribution is -0.115. The zero-order valence-corrected chi connectivity index (χ0v) is 12.9. The summed E-state index contributed by atoms with van der Waals surface area (Å²) in [6.07, 6.45) is 2.55. The monoisotopic (exact) mass is 301 g/mol. The maximum absolute atomic E-state index is 12.4. The normalized spacial score (nSPS) is 12.9. The van der Waals surface area contributed by atoms with Crippen LogP contribution in [-0.2, 0) is 4.79 Å². The van der Waals surface area contributed by atoms with Gasteiger partial charge in [0.25, 0.3) is 5.91 Å². The summed E-state index contributed by atoms with van der Waals surface area (Å²) in [7, 11) is 0. The van der Waals surface area contributed by atoms with E-state index in [0.29, 0.717) is 22.6 Å². The van der Waals surface area contributed by atoms with Crippen LogP contribution in [-0.4, -0.2) is 23.5 Å². The number of hydrogen-bond donors (Lipinski definition) is 1. The van der Waals surface area contributed by atoms with Crippen LogP contribution >= 0.6 is 0 Å². The number of aryl methyl sites for hydroxylation is 1. The zero-order chi connectivity index (χ0) is 16.1. The fourth-order valence-electron chi connectivity index (χ4n) is 2.06. The van der Waals surface area contributed by atoms with E-state index in [4.69, 9.17) is 4.52 Å². The average Bonchev–Trinajstić information content (AvgIpc) is 2.92. The van der Waals surface area contributed by atoms with Crippen LogP contribution in [0.2, 0.25) is 0 Å². The molecule has 0 fully saturated rings. The molecule has 0 unspecified atom stereocenters. The molecule has 1 aromatic heterocycles. The molecule has 0 spiro atoms. The molecule has 1 N–H and O–H groups in total. The molecule has 6 nitrogen and oxygen atoms in total. The van der Waals surface area contributed by atoms with Gasteiger partial charge in [-0.15, -0.1) is 0 Å². The maximum atomic E-state index is 12.4. The lowest BCUT2D eigenvalue weighted by Crippen LogP contribution is -2.42. The summed E-state index contributed by atoms with van der Waals surface area (Å²) in [5.41, 5.74) is 2.17. The molecule has 3 rings (SSSR count). The SMILES string of the molecule is CCC.Cc1nocc1C(=O)N1CC(=O)Nc2ccccc21. The Kier molecular flexibility index (Phi) is 4.93. The van der Waals surface area contributed by atoms with Gasteiger partial charge in [0.1, 0.15) is 18.4 Å². The van der Waals surface area contributed by atoms with Crippen LogP contribution in [0.3, 0.4) is 0 Å². The summed E-state index contributed by atoms with van der Waals surface area (Å²) in [6, 6.07) is 7.16. The molecule has 0 radical (unpaired) electrons. The summed E-state index contributed by atoms with van der Waals surface area (Å²) in [5, 5.41) is 6.42. The number of benzene rings is 1. The first-order valence-corrected chi connectivity index (χ1v) is 7.20. The van der Waals surface area contributed by atoms with Crippen LogP contribution in [0, 0.1) is 6.92 Å². The standard InChI is InChI=1S/C13H11N3O3.C3H8/c1-8-9(7-19-15-8)13(18)16-6-12(17)14-10-4-2-3-5-11(10)16;1-3-2/h2-5,7H,6H2,1H3,(H,14,17);3H2,1-2H3. The number of aromatic nitrogens is 1. The Labute approximate surface area is 129 Å². The first-order chi connectivity index (χ1) is 10.6. The van der Waals surface area contributed by atoms with Gasteiger partial charge < -0.3 is 9.84 Å². The van der Waals surface area contributed by atoms with Gasteiger partial charge in [-0.2, -0.15) is 0 Å². The number of nitrogens with zero attached hydrogens (tertiary/aromatic N) is 2. The van der Waals surface area contributed by atoms with E-state index in [2.05, 4.69) is 24.3 Å². The van der Waals surface area contributed by atoms with Crippen molar-refractivity contribution >= 4 is 23.2 Å². The molecule has 2 heterocycles. The van der Waals surface area contributed by atoms with Crippen LogP contribution < -0.4 is 10.2 Å². The molecule has 2 aromatic rings. The van der Waals surface area contributed by atoms with Crippen molar-refractivity contribution in [3.05, 3.63) is 41.8 Å². The minimum absolute atomic E-state index is 0.0134. The van der Waals surface area contributed by atoms with Gasteiger partial charge in [0, 0.05) is 0 Å². The highest BCUT2D eigenvalue weighted by atomic mass is 16.5. The number of hydrogen-bond acceptors (Lipinski definition) is 4. The second-order valence-corrected chi connectivity index (χ2v) is 4.98. The number of carbonyl (C=O) groups excluding carboxylic acids is 2. The van der Waals surface area contributed by atoms with Gasteiger partial charge in [-0.3, -0.25) is 14.5 Å². The van der Waals surface area contributed by atoms with Crippen molar-refractivity contribution in [3.63, 3.8) is 0 Å². The van der Waals surface area contributed by atoms with Crippen molar-refractivity contribution in [1.82, 2.24) is 5.16 Å². The Balaban J connectivity index is 0.000000545. The van der Waals surface area contributed by atoms with Gasteiger partial charge >= 0.3 is 0 Å². The van der Waals surface area contributed by atoms with Gasteiger partial charge in [0.05, 0.1) is 17.1 Å². The van der Waals surface area contributed by atoms with Crippen molar-refractivity contribution in [1.29, 1.82) is 0 Å². The number of fused-ring (bicyclic) bond motifs is 1. The van der Waals surface area contributed by atoms with Crippen LogP contribution in [0.4, 0.5) is 11.4 Å². The van der Waals surface area contributed by atoms with E-state index >= 15 is 0 Å². The number of rotatable bonds is 1. The molecule has 1 aliphatic rings. The summed E-state index contributed by atoms with van der Waals surface area (Å²) in [5.74, 6) is -0.512. The highest BCUT2D eigenvalue weighted by Crippen LogP contribution is 2.30. The third kappa shape index (κ3) is 3.16. The molecule has 1 aromatic carbocycles. The van der Waals surface area contributed by atoms with Crippen molar-refractivity contribution < 1.29 is 14.1 Å². The molecule has 22 heavy (non-hydrogen) atoms. The number of amides is 2. The van der Waals surface area contributed by atoms with Crippen molar-refractivity contribution in [2.45, 2.75) is 27.2 Å². The van der Waals surface area contributed by atoms with Crippen molar-refractivity contribution in [2.75, 3.05) is 16.8 Å². The largest absolute Gasteiger partial charge is 0.364 e. The second-order valence-electron chi connectivity index (χ2n) is 4.98. The zero-order valence-electron chi connectivity index (χ0n) is 12.9. The molecular weight excluding hydrogens is 282 g/mol. The van der Waals surface area contributed by atoms with E-state index < -0.39 is 0 Å². The molecule has 0 saturated heterocycles. The van der Waals surface area contributed by atoms with E-state index in [0.717, 1.165) is 0 Å². The second kappa shape index (κ2) is 6.89. The van der Waals surface area contributed by atoms with Crippen molar-refractivity contribution in [3.8, 4) is 0 Å². The first-order valence-electron chi connectivity index (χ1n) is 7.20. The van der Waals surface area contributed by atoms with E-state index in [1.807, 2.05) is 6.07 Å². The van der Waals surface area contributed by atoms with E-state index in [1.54, 1.807) is 25.1 Å². The fraction of sp³-hybridized carbons (Fsp3) is 0.312. The van der Waals surface area contributed by atoms with E-state index in [1.165, 1.54) is 17.6 Å². The molecule has 2 amide bonds. The van der Waals surface area contributed by atoms with E-state index in [-0.39, 0.29) is 18.4 Å². The highest BCUT2D eigenvalue weighted by Gasteiger charge is 2.29. The average molecular weight is 301 g/mol. The fourth-order valence-corrected chi connectivity index (χ4v) is 2.06. The van der Waals surface area contributed by atoms with Gasteiger partial charge in [0.2, 0.25) is 5.91 Å². The summed E-state index contributed by atoms with van der Waals surface area (Å²) >= 11 is 0. The number of para-hydroxylation sites is 2. The van der Waals surface area contributed by atoms with Crippen LogP contribution in [0.15, 0.2) is 35.1 Å². The smallest absolute Gasteiger partial charge is 0.264 e. The van der Waals surface area contributed by atoms with Crippen LogP contribution in [0.1, 0.15) is 36.3 Å². The number of carbonyl (C=O) groups is 2. The minimum Gasteiger partial charge on any atom is -0.364 e. The maximum Gasteiger partial charge on any atom is 0.264 e. The third-order valence-electron chi connectivity index (χ3n) is 3.00. The Bertz CT molecular complexity index is 679. The minimum atomic E-state index is -0.291. The molecule has 0 saturated carbocycles. The van der Waals surface area contributed by atoms with Crippen LogP contribution in [0.25, 0.3) is 0 Å². The highest BCUT2D eigenvalue weighted by molar-refractivity contribution is 6.15. The first kappa shape index (κ1) is 15.8. The number of nitrogens with one attached hydrogen (secondary N) is 1. The Morgan fingerprint density at radius 1 is 1.36 bits per heavy atom. The molecular formula is C16H19N3O3. The predicted octanol–water partition coefficient (Wildman–Crippen LogP) is 3.00. The Hall–Kier alpha value is -2.63. The van der Waals surface area contributed by atoms with Crippen LogP contribution in [0.5, 0.6) is 0 Å². The quantitative estimate of drug-likeness (QED) is 0.878. The molecule has 0 aliphatic carbocycles. The van der Waals surface area contributed by atoms with Gasteiger partial charge in [-0.05, 0) is 19.1 Å². The van der Waals surface area contributed by atoms with Gasteiger partial charge in [-0.1, -0.05) is 37.6 Å². The molecule has 1 aliphatic heterocycles. The lowest BCUT2D eigenvalue weighted by atomic mass is 10.1. The summed E-state index contributed by atoms with van der Waals surface area (Å²) < 4.78 is 4.77. The third-order valence-corrected chi connectivity index (χ3v) is 3.00. The Morgan fingerprint density at radius 2 is 2.05 bits per heavy atom. The molecule has 6 heteroatoms. The topological polar surface area (TPSA) is 75.4 Å². The van der Waals surface area contributed by atoms with E-state index in [9.17, 15) is 9.59 Å². The predicted molar refractivity (Wildman–Crippen MR) is 84.0 cm³/mol. The molecule has 116 valence electrons. The Morgan fingerprint density at radius 3 is 2.68 bits per heavy atom. The number of anilines is 2. The summed E-state index contributed by atoms with van der Waals surface area (Å²) in [6.45, 7) is 5.92. The molecule has 0 atom stereocenters.